The van der Waals surface area contributed by atoms with E-state index in [9.17, 15) is 8.42 Å². The Hall–Kier alpha value is 0.220. The van der Waals surface area contributed by atoms with E-state index in [-0.39, 0.29) is 11.8 Å². The van der Waals surface area contributed by atoms with Gasteiger partial charge in [-0.3, -0.25) is 0 Å². The Morgan fingerprint density at radius 2 is 2.19 bits per heavy atom. The summed E-state index contributed by atoms with van der Waals surface area (Å²) in [6.45, 7) is 3.28. The largest absolute Gasteiger partial charge is 0.313 e. The van der Waals surface area contributed by atoms with Gasteiger partial charge < -0.3 is 5.32 Å². The van der Waals surface area contributed by atoms with Gasteiger partial charge in [0, 0.05) is 36.7 Å². The van der Waals surface area contributed by atoms with Crippen LogP contribution in [0, 0.1) is 0 Å². The van der Waals surface area contributed by atoms with E-state index < -0.39 is 10.0 Å². The Morgan fingerprint density at radius 1 is 1.44 bits per heavy atom. The molecule has 2 fully saturated rings. The minimum absolute atomic E-state index is 0.157. The lowest BCUT2D eigenvalue weighted by molar-refractivity contribution is 0.367. The van der Waals surface area contributed by atoms with Crippen LogP contribution >= 0.6 is 11.8 Å². The van der Waals surface area contributed by atoms with Gasteiger partial charge >= 0.3 is 0 Å². The predicted molar refractivity (Wildman–Crippen MR) is 68.3 cm³/mol. The highest BCUT2D eigenvalue weighted by molar-refractivity contribution is 7.99. The van der Waals surface area contributed by atoms with Crippen LogP contribution in [0.5, 0.6) is 0 Å². The number of thioether (sulfide) groups is 1. The lowest BCUT2D eigenvalue weighted by Gasteiger charge is -2.31. The summed E-state index contributed by atoms with van der Waals surface area (Å²) in [5, 5.41) is 3.26. The molecule has 1 atom stereocenters. The maximum Gasteiger partial charge on any atom is 0.215 e. The lowest BCUT2D eigenvalue weighted by atomic mass is 10.4. The first-order chi connectivity index (χ1) is 7.59. The third-order valence-electron chi connectivity index (χ3n) is 3.03. The molecule has 2 rings (SSSR count). The summed E-state index contributed by atoms with van der Waals surface area (Å²) < 4.78 is 25.8. The van der Waals surface area contributed by atoms with Crippen LogP contribution in [0.15, 0.2) is 0 Å². The van der Waals surface area contributed by atoms with Crippen LogP contribution in [-0.4, -0.2) is 55.2 Å². The highest BCUT2D eigenvalue weighted by atomic mass is 32.2. The Morgan fingerprint density at radius 3 is 2.81 bits per heavy atom. The molecule has 1 aliphatic heterocycles. The van der Waals surface area contributed by atoms with Gasteiger partial charge in [0.2, 0.25) is 10.0 Å². The quantitative estimate of drug-likeness (QED) is 0.786. The average Bonchev–Trinajstić information content (AvgIpc) is 3.02. The second-order valence-electron chi connectivity index (χ2n) is 4.58. The van der Waals surface area contributed by atoms with Crippen LogP contribution in [-0.2, 0) is 10.0 Å². The second-order valence-corrected chi connectivity index (χ2v) is 7.77. The molecule has 16 heavy (non-hydrogen) atoms. The molecule has 1 N–H and O–H groups in total. The first-order valence-electron chi connectivity index (χ1n) is 5.90. The van der Waals surface area contributed by atoms with Crippen LogP contribution < -0.4 is 5.32 Å². The van der Waals surface area contributed by atoms with E-state index in [2.05, 4.69) is 5.32 Å². The van der Waals surface area contributed by atoms with Crippen molar-refractivity contribution >= 4 is 21.8 Å². The molecule has 1 unspecified atom stereocenters. The molecule has 0 radical (unpaired) electrons. The van der Waals surface area contributed by atoms with Gasteiger partial charge in [0.25, 0.3) is 0 Å². The first-order valence-corrected chi connectivity index (χ1v) is 8.66. The van der Waals surface area contributed by atoms with E-state index in [0.717, 1.165) is 11.5 Å². The molecule has 4 nitrogen and oxygen atoms in total. The van der Waals surface area contributed by atoms with Gasteiger partial charge in [-0.2, -0.15) is 16.1 Å². The molecule has 0 aromatic carbocycles. The highest BCUT2D eigenvalue weighted by Gasteiger charge is 2.30. The number of rotatable bonds is 5. The fourth-order valence-electron chi connectivity index (χ4n) is 1.92. The minimum atomic E-state index is -3.04. The van der Waals surface area contributed by atoms with Crippen molar-refractivity contribution < 1.29 is 8.42 Å². The summed E-state index contributed by atoms with van der Waals surface area (Å²) in [5.74, 6) is 2.10. The standard InChI is InChI=1S/C10H20N2O2S2/c1-9-8-15-6-5-12(9)16(13,14)7-4-11-10-2-3-10/h9-11H,2-8H2,1H3. The number of nitrogens with one attached hydrogen (secondary N) is 1. The summed E-state index contributed by atoms with van der Waals surface area (Å²) in [5.41, 5.74) is 0. The molecule has 1 saturated heterocycles. The van der Waals surface area contributed by atoms with Crippen molar-refractivity contribution in [3.63, 3.8) is 0 Å². The third kappa shape index (κ3) is 3.35. The number of nitrogens with zero attached hydrogens (tertiary/aromatic N) is 1. The highest BCUT2D eigenvalue weighted by Crippen LogP contribution is 2.20. The summed E-state index contributed by atoms with van der Waals surface area (Å²) in [6, 6.07) is 0.745. The zero-order chi connectivity index (χ0) is 11.6. The van der Waals surface area contributed by atoms with Gasteiger partial charge in [0.05, 0.1) is 5.75 Å². The molecule has 0 spiro atoms. The molecule has 0 aromatic rings. The van der Waals surface area contributed by atoms with Crippen molar-refractivity contribution in [2.75, 3.05) is 30.3 Å². The SMILES string of the molecule is CC1CSCCN1S(=O)(=O)CCNC1CC1. The van der Waals surface area contributed by atoms with Crippen LogP contribution in [0.1, 0.15) is 19.8 Å². The van der Waals surface area contributed by atoms with Crippen molar-refractivity contribution in [1.29, 1.82) is 0 Å². The lowest BCUT2D eigenvalue weighted by Crippen LogP contribution is -2.46. The molecule has 0 amide bonds. The van der Waals surface area contributed by atoms with Gasteiger partial charge in [-0.15, -0.1) is 0 Å². The zero-order valence-corrected chi connectivity index (χ0v) is 11.3. The van der Waals surface area contributed by atoms with Gasteiger partial charge in [-0.25, -0.2) is 8.42 Å². The zero-order valence-electron chi connectivity index (χ0n) is 9.68. The molecular weight excluding hydrogens is 244 g/mol. The van der Waals surface area contributed by atoms with Crippen LogP contribution in [0.2, 0.25) is 0 Å². The maximum absolute atomic E-state index is 12.1. The fraction of sp³-hybridized carbons (Fsp3) is 1.00. The van der Waals surface area contributed by atoms with Crippen LogP contribution in [0.4, 0.5) is 0 Å². The van der Waals surface area contributed by atoms with Crippen LogP contribution in [0.3, 0.4) is 0 Å². The minimum Gasteiger partial charge on any atom is -0.313 e. The van der Waals surface area contributed by atoms with E-state index in [4.69, 9.17) is 0 Å². The van der Waals surface area contributed by atoms with E-state index in [1.807, 2.05) is 18.7 Å². The van der Waals surface area contributed by atoms with Crippen molar-refractivity contribution in [1.82, 2.24) is 9.62 Å². The Bertz CT molecular complexity index is 328. The molecule has 1 heterocycles. The molecular formula is C10H20N2O2S2. The summed E-state index contributed by atoms with van der Waals surface area (Å²) >= 11 is 1.84. The number of sulfonamides is 1. The second kappa shape index (κ2) is 5.25. The Balaban J connectivity index is 1.83. The predicted octanol–water partition coefficient (Wildman–Crippen LogP) is 0.505. The van der Waals surface area contributed by atoms with Crippen LogP contribution in [0.25, 0.3) is 0 Å². The van der Waals surface area contributed by atoms with Crippen molar-refractivity contribution in [2.45, 2.75) is 31.8 Å². The van der Waals surface area contributed by atoms with E-state index in [1.54, 1.807) is 4.31 Å². The molecule has 0 bridgehead atoms. The monoisotopic (exact) mass is 264 g/mol. The molecule has 1 aliphatic carbocycles. The van der Waals surface area contributed by atoms with Crippen molar-refractivity contribution in [3.8, 4) is 0 Å². The molecule has 94 valence electrons. The smallest absolute Gasteiger partial charge is 0.215 e. The molecule has 2 aliphatic rings. The van der Waals surface area contributed by atoms with Gasteiger partial charge in [0.1, 0.15) is 0 Å². The average molecular weight is 264 g/mol. The van der Waals surface area contributed by atoms with Gasteiger partial charge in [0.15, 0.2) is 0 Å². The Kier molecular flexibility index (Phi) is 4.15. The number of hydrogen-bond donors (Lipinski definition) is 1. The van der Waals surface area contributed by atoms with E-state index in [1.165, 1.54) is 12.8 Å². The normalized spacial score (nSPS) is 28.2. The van der Waals surface area contributed by atoms with Crippen molar-refractivity contribution in [3.05, 3.63) is 0 Å². The Labute approximate surface area is 102 Å². The fourth-order valence-corrected chi connectivity index (χ4v) is 4.75. The molecule has 6 heteroatoms. The summed E-state index contributed by atoms with van der Waals surface area (Å²) in [7, 11) is -3.04. The molecule has 0 aromatic heterocycles. The topological polar surface area (TPSA) is 49.4 Å². The summed E-state index contributed by atoms with van der Waals surface area (Å²) in [6.07, 6.45) is 2.41. The summed E-state index contributed by atoms with van der Waals surface area (Å²) in [4.78, 5) is 0. The van der Waals surface area contributed by atoms with E-state index >= 15 is 0 Å². The van der Waals surface area contributed by atoms with Gasteiger partial charge in [-0.1, -0.05) is 0 Å². The maximum atomic E-state index is 12.1. The third-order valence-corrected chi connectivity index (χ3v) is 6.20. The van der Waals surface area contributed by atoms with E-state index in [0.29, 0.717) is 19.1 Å². The number of hydrogen-bond acceptors (Lipinski definition) is 4. The molecule has 1 saturated carbocycles. The first kappa shape index (κ1) is 12.7. The van der Waals surface area contributed by atoms with Crippen molar-refractivity contribution in [2.24, 2.45) is 0 Å². The van der Waals surface area contributed by atoms with Gasteiger partial charge in [-0.05, 0) is 19.8 Å².